The molecule has 0 saturated heterocycles. The van der Waals surface area contributed by atoms with E-state index in [0.29, 0.717) is 24.0 Å². The number of nitrogens with two attached hydrogens (primary N) is 1. The van der Waals surface area contributed by atoms with Crippen molar-refractivity contribution in [2.45, 2.75) is 71.8 Å². The number of nitrogens with zero attached hydrogens (tertiary/aromatic N) is 2. The topological polar surface area (TPSA) is 72.9 Å². The van der Waals surface area contributed by atoms with E-state index in [-0.39, 0.29) is 0 Å². The Balaban J connectivity index is 2.80. The number of aromatic nitrogens is 2. The largest absolute Gasteiger partial charge is 0.382 e. The van der Waals surface area contributed by atoms with Gasteiger partial charge in [0.2, 0.25) is 6.41 Å². The van der Waals surface area contributed by atoms with Crippen LogP contribution in [0.5, 0.6) is 0 Å². The molecule has 1 amide bonds. The lowest BCUT2D eigenvalue weighted by atomic mass is 10.0. The van der Waals surface area contributed by atoms with Crippen molar-refractivity contribution in [1.82, 2.24) is 9.78 Å². The Morgan fingerprint density at radius 1 is 1.25 bits per heavy atom. The third-order valence-electron chi connectivity index (χ3n) is 3.68. The second kappa shape index (κ2) is 8.61. The van der Waals surface area contributed by atoms with Gasteiger partial charge in [-0.25, -0.2) is 4.68 Å². The van der Waals surface area contributed by atoms with Gasteiger partial charge in [0.25, 0.3) is 0 Å². The summed E-state index contributed by atoms with van der Waals surface area (Å²) in [6.45, 7) is 6.27. The number of hydrogen-bond donors (Lipinski definition) is 2. The summed E-state index contributed by atoms with van der Waals surface area (Å²) >= 11 is 0. The van der Waals surface area contributed by atoms with Gasteiger partial charge in [0.15, 0.2) is 0 Å². The number of unbranched alkanes of at least 4 members (excludes halogenated alkanes) is 3. The maximum absolute atomic E-state index is 10.6. The number of carbonyl (C=O) groups excluding carboxylic acids is 1. The van der Waals surface area contributed by atoms with Crippen LogP contribution in [0, 0.1) is 6.92 Å². The molecule has 5 heteroatoms. The molecule has 0 aliphatic heterocycles. The predicted molar refractivity (Wildman–Crippen MR) is 83.8 cm³/mol. The van der Waals surface area contributed by atoms with Gasteiger partial charge in [0.05, 0.1) is 11.7 Å². The molecule has 0 saturated carbocycles. The number of amides is 1. The van der Waals surface area contributed by atoms with E-state index in [2.05, 4.69) is 24.3 Å². The standard InChI is InChI=1S/C15H28N4O/c1-4-6-7-8-10-13(9-5-2)19-15(16)14(17-11-20)12(3)18-19/h11,13H,4-10,16H2,1-3H3,(H,17,20). The summed E-state index contributed by atoms with van der Waals surface area (Å²) < 4.78 is 1.90. The Kier molecular flexibility index (Phi) is 7.12. The molecule has 1 unspecified atom stereocenters. The van der Waals surface area contributed by atoms with Crippen molar-refractivity contribution < 1.29 is 4.79 Å². The van der Waals surface area contributed by atoms with Crippen molar-refractivity contribution in [3.05, 3.63) is 5.69 Å². The summed E-state index contributed by atoms with van der Waals surface area (Å²) in [7, 11) is 0. The summed E-state index contributed by atoms with van der Waals surface area (Å²) in [5.74, 6) is 0.573. The molecule has 0 bridgehead atoms. The first-order chi connectivity index (χ1) is 9.65. The molecule has 0 spiro atoms. The molecular weight excluding hydrogens is 252 g/mol. The third kappa shape index (κ3) is 4.25. The Bertz CT molecular complexity index is 414. The molecule has 0 radical (unpaired) electrons. The average molecular weight is 280 g/mol. The van der Waals surface area contributed by atoms with Crippen LogP contribution in [0.2, 0.25) is 0 Å². The maximum Gasteiger partial charge on any atom is 0.211 e. The fourth-order valence-corrected chi connectivity index (χ4v) is 2.61. The fraction of sp³-hybridized carbons (Fsp3) is 0.733. The van der Waals surface area contributed by atoms with E-state index >= 15 is 0 Å². The highest BCUT2D eigenvalue weighted by molar-refractivity contribution is 5.79. The van der Waals surface area contributed by atoms with E-state index in [1.807, 2.05) is 11.6 Å². The van der Waals surface area contributed by atoms with Gasteiger partial charge < -0.3 is 11.1 Å². The van der Waals surface area contributed by atoms with Gasteiger partial charge in [-0.2, -0.15) is 5.10 Å². The Labute approximate surface area is 121 Å². The predicted octanol–water partition coefficient (Wildman–Crippen LogP) is 3.65. The van der Waals surface area contributed by atoms with Gasteiger partial charge in [-0.3, -0.25) is 4.79 Å². The maximum atomic E-state index is 10.6. The summed E-state index contributed by atoms with van der Waals surface area (Å²) in [6, 6.07) is 0.331. The second-order valence-electron chi connectivity index (χ2n) is 5.34. The fourth-order valence-electron chi connectivity index (χ4n) is 2.61. The quantitative estimate of drug-likeness (QED) is 0.507. The smallest absolute Gasteiger partial charge is 0.211 e. The molecule has 20 heavy (non-hydrogen) atoms. The lowest BCUT2D eigenvalue weighted by molar-refractivity contribution is -0.105. The number of rotatable bonds is 10. The molecule has 1 aromatic heterocycles. The molecule has 1 heterocycles. The summed E-state index contributed by atoms with van der Waals surface area (Å²) in [4.78, 5) is 10.6. The van der Waals surface area contributed by atoms with Crippen LogP contribution in [0.4, 0.5) is 11.5 Å². The zero-order valence-corrected chi connectivity index (χ0v) is 13.0. The van der Waals surface area contributed by atoms with E-state index in [1.54, 1.807) is 0 Å². The molecule has 0 aliphatic rings. The molecule has 5 nitrogen and oxygen atoms in total. The molecule has 3 N–H and O–H groups in total. The van der Waals surface area contributed by atoms with E-state index < -0.39 is 0 Å². The average Bonchev–Trinajstić information content (AvgIpc) is 2.71. The molecule has 114 valence electrons. The van der Waals surface area contributed by atoms with Crippen LogP contribution < -0.4 is 11.1 Å². The first kappa shape index (κ1) is 16.5. The van der Waals surface area contributed by atoms with Crippen LogP contribution in [-0.4, -0.2) is 16.2 Å². The van der Waals surface area contributed by atoms with Crippen LogP contribution in [0.3, 0.4) is 0 Å². The van der Waals surface area contributed by atoms with E-state index in [1.165, 1.54) is 25.7 Å². The van der Waals surface area contributed by atoms with Gasteiger partial charge in [0.1, 0.15) is 11.5 Å². The van der Waals surface area contributed by atoms with Crippen molar-refractivity contribution in [1.29, 1.82) is 0 Å². The molecule has 1 rings (SSSR count). The van der Waals surface area contributed by atoms with E-state index in [9.17, 15) is 4.79 Å². The number of nitrogens with one attached hydrogen (secondary N) is 1. The van der Waals surface area contributed by atoms with Crippen LogP contribution in [0.15, 0.2) is 0 Å². The van der Waals surface area contributed by atoms with Crippen LogP contribution in [0.1, 0.15) is 70.5 Å². The van der Waals surface area contributed by atoms with E-state index in [4.69, 9.17) is 5.73 Å². The van der Waals surface area contributed by atoms with Gasteiger partial charge in [-0.15, -0.1) is 0 Å². The second-order valence-corrected chi connectivity index (χ2v) is 5.34. The zero-order chi connectivity index (χ0) is 15.0. The lowest BCUT2D eigenvalue weighted by Gasteiger charge is -2.18. The Morgan fingerprint density at radius 3 is 2.60 bits per heavy atom. The Hall–Kier alpha value is -1.52. The van der Waals surface area contributed by atoms with Gasteiger partial charge in [0, 0.05) is 0 Å². The highest BCUT2D eigenvalue weighted by Crippen LogP contribution is 2.30. The molecule has 0 fully saturated rings. The van der Waals surface area contributed by atoms with Crippen LogP contribution in [0.25, 0.3) is 0 Å². The van der Waals surface area contributed by atoms with Crippen molar-refractivity contribution >= 4 is 17.9 Å². The monoisotopic (exact) mass is 280 g/mol. The minimum absolute atomic E-state index is 0.331. The van der Waals surface area contributed by atoms with Crippen LogP contribution >= 0.6 is 0 Å². The summed E-state index contributed by atoms with van der Waals surface area (Å²) in [5, 5.41) is 7.17. The minimum atomic E-state index is 0.331. The third-order valence-corrected chi connectivity index (χ3v) is 3.68. The summed E-state index contributed by atoms with van der Waals surface area (Å²) in [5.41, 5.74) is 7.56. The first-order valence-electron chi connectivity index (χ1n) is 7.70. The van der Waals surface area contributed by atoms with Crippen molar-refractivity contribution in [3.63, 3.8) is 0 Å². The van der Waals surface area contributed by atoms with Crippen molar-refractivity contribution in [2.24, 2.45) is 0 Å². The first-order valence-corrected chi connectivity index (χ1v) is 7.70. The van der Waals surface area contributed by atoms with Gasteiger partial charge in [-0.05, 0) is 19.8 Å². The molecular formula is C15H28N4O. The molecule has 1 aromatic rings. The lowest BCUT2D eigenvalue weighted by Crippen LogP contribution is -2.14. The highest BCUT2D eigenvalue weighted by Gasteiger charge is 2.18. The number of hydrogen-bond acceptors (Lipinski definition) is 3. The van der Waals surface area contributed by atoms with Crippen molar-refractivity contribution in [2.75, 3.05) is 11.1 Å². The minimum Gasteiger partial charge on any atom is -0.382 e. The number of nitrogen functional groups attached to an aromatic ring is 1. The molecule has 0 aromatic carbocycles. The number of aryl methyl sites for hydroxylation is 1. The zero-order valence-electron chi connectivity index (χ0n) is 13.0. The normalized spacial score (nSPS) is 12.3. The van der Waals surface area contributed by atoms with Gasteiger partial charge >= 0.3 is 0 Å². The Morgan fingerprint density at radius 2 is 2.00 bits per heavy atom. The van der Waals surface area contributed by atoms with Gasteiger partial charge in [-0.1, -0.05) is 46.0 Å². The molecule has 1 atom stereocenters. The molecule has 0 aliphatic carbocycles. The van der Waals surface area contributed by atoms with E-state index in [0.717, 1.165) is 25.0 Å². The van der Waals surface area contributed by atoms with Crippen molar-refractivity contribution in [3.8, 4) is 0 Å². The van der Waals surface area contributed by atoms with Crippen LogP contribution in [-0.2, 0) is 4.79 Å². The SMILES string of the molecule is CCCCCCC(CCC)n1nc(C)c(NC=O)c1N. The highest BCUT2D eigenvalue weighted by atomic mass is 16.1. The summed E-state index contributed by atoms with van der Waals surface area (Å²) in [6.07, 6.45) is 8.91. The number of anilines is 2. The number of carbonyl (C=O) groups is 1.